The van der Waals surface area contributed by atoms with E-state index in [4.69, 9.17) is 10.5 Å². The predicted octanol–water partition coefficient (Wildman–Crippen LogP) is 3.63. The minimum absolute atomic E-state index is 0.173. The Morgan fingerprint density at radius 3 is 2.07 bits per heavy atom. The van der Waals surface area contributed by atoms with Gasteiger partial charge in [0.15, 0.2) is 0 Å². The van der Waals surface area contributed by atoms with Crippen LogP contribution in [0.1, 0.15) is 45.2 Å². The predicted molar refractivity (Wildman–Crippen MR) is 170 cm³/mol. The molecule has 0 saturated heterocycles. The molecule has 44 heavy (non-hydrogen) atoms. The average molecular weight is 594 g/mol. The van der Waals surface area contributed by atoms with Gasteiger partial charge in [0.05, 0.1) is 6.61 Å². The van der Waals surface area contributed by atoms with E-state index >= 15 is 0 Å². The fraction of sp³-hybridized carbons (Fsp3) is 0.257. The summed E-state index contributed by atoms with van der Waals surface area (Å²) in [5, 5.41) is 8.70. The summed E-state index contributed by atoms with van der Waals surface area (Å²) in [6, 6.07) is 25.7. The van der Waals surface area contributed by atoms with Gasteiger partial charge in [-0.2, -0.15) is 0 Å². The number of aryl methyl sites for hydroxylation is 1. The zero-order valence-corrected chi connectivity index (χ0v) is 25.1. The van der Waals surface area contributed by atoms with Gasteiger partial charge >= 0.3 is 0 Å². The molecule has 0 radical (unpaired) electrons. The Morgan fingerprint density at radius 2 is 1.43 bits per heavy atom. The number of hydrogen-bond donors (Lipinski definition) is 4. The molecule has 9 heteroatoms. The highest BCUT2D eigenvalue weighted by Gasteiger charge is 2.28. The van der Waals surface area contributed by atoms with Crippen LogP contribution in [0.25, 0.3) is 0 Å². The summed E-state index contributed by atoms with van der Waals surface area (Å²) < 4.78 is 5.54. The van der Waals surface area contributed by atoms with Crippen molar-refractivity contribution >= 4 is 17.7 Å². The van der Waals surface area contributed by atoms with Crippen molar-refractivity contribution in [1.82, 2.24) is 20.9 Å². The molecule has 0 aliphatic rings. The molecule has 1 heterocycles. The molecule has 2 unspecified atom stereocenters. The Balaban J connectivity index is 1.53. The summed E-state index contributed by atoms with van der Waals surface area (Å²) >= 11 is 0. The number of hydrogen-bond acceptors (Lipinski definition) is 6. The second-order valence-corrected chi connectivity index (χ2v) is 10.5. The number of nitrogens with two attached hydrogens (primary N) is 1. The van der Waals surface area contributed by atoms with E-state index in [-0.39, 0.29) is 31.2 Å². The van der Waals surface area contributed by atoms with E-state index in [1.165, 1.54) is 0 Å². The Labute approximate surface area is 258 Å². The number of nitrogens with zero attached hydrogens (tertiary/aromatic N) is 1. The smallest absolute Gasteiger partial charge is 0.251 e. The van der Waals surface area contributed by atoms with Gasteiger partial charge in [-0.1, -0.05) is 60.2 Å². The highest BCUT2D eigenvalue weighted by molar-refractivity contribution is 5.98. The first kappa shape index (κ1) is 31.9. The molecule has 0 spiro atoms. The summed E-state index contributed by atoms with van der Waals surface area (Å²) in [6.07, 6.45) is 2.02. The standard InChI is InChI=1S/C35H39N5O4/c1-3-44-30-17-13-25(14-18-30)20-31(39-33(41)28-15-7-24(2)8-16-28)35(43)40-32(21-29-6-4-5-19-37-29)34(42)38-23-27-11-9-26(22-36)10-12-27/h4-19,31-32H,3,20-23,36H2,1-2H3,(H,38,42)(H,39,41)(H,40,43). The highest BCUT2D eigenvalue weighted by atomic mass is 16.5. The Hall–Kier alpha value is -5.02. The zero-order chi connectivity index (χ0) is 31.3. The van der Waals surface area contributed by atoms with Crippen molar-refractivity contribution in [3.05, 3.63) is 131 Å². The van der Waals surface area contributed by atoms with E-state index < -0.39 is 18.0 Å². The topological polar surface area (TPSA) is 135 Å². The number of benzene rings is 3. The summed E-state index contributed by atoms with van der Waals surface area (Å²) in [6.45, 7) is 5.09. The van der Waals surface area contributed by atoms with Crippen LogP contribution < -0.4 is 26.4 Å². The third-order valence-electron chi connectivity index (χ3n) is 7.11. The first-order valence-corrected chi connectivity index (χ1v) is 14.7. The van der Waals surface area contributed by atoms with Gasteiger partial charge in [0.25, 0.3) is 5.91 Å². The highest BCUT2D eigenvalue weighted by Crippen LogP contribution is 2.15. The summed E-state index contributed by atoms with van der Waals surface area (Å²) in [5.74, 6) is -0.521. The third kappa shape index (κ3) is 9.50. The minimum Gasteiger partial charge on any atom is -0.494 e. The Morgan fingerprint density at radius 1 is 0.773 bits per heavy atom. The van der Waals surface area contributed by atoms with Crippen LogP contribution in [0, 0.1) is 6.92 Å². The number of carbonyl (C=O) groups excluding carboxylic acids is 3. The maximum absolute atomic E-state index is 13.8. The lowest BCUT2D eigenvalue weighted by Gasteiger charge is -2.23. The lowest BCUT2D eigenvalue weighted by molar-refractivity contribution is -0.130. The van der Waals surface area contributed by atoms with Crippen molar-refractivity contribution in [1.29, 1.82) is 0 Å². The van der Waals surface area contributed by atoms with Crippen LogP contribution in [0.5, 0.6) is 5.75 Å². The van der Waals surface area contributed by atoms with Crippen molar-refractivity contribution in [2.45, 2.75) is 51.9 Å². The molecular weight excluding hydrogens is 554 g/mol. The quantitative estimate of drug-likeness (QED) is 0.176. The van der Waals surface area contributed by atoms with Gasteiger partial charge in [0.1, 0.15) is 17.8 Å². The molecular formula is C35H39N5O4. The van der Waals surface area contributed by atoms with E-state index in [9.17, 15) is 14.4 Å². The zero-order valence-electron chi connectivity index (χ0n) is 25.1. The molecule has 228 valence electrons. The number of pyridine rings is 1. The van der Waals surface area contributed by atoms with Crippen LogP contribution in [0.2, 0.25) is 0 Å². The van der Waals surface area contributed by atoms with Gasteiger partial charge in [0, 0.05) is 43.4 Å². The number of nitrogens with one attached hydrogen (secondary N) is 3. The molecule has 0 aliphatic heterocycles. The van der Waals surface area contributed by atoms with E-state index in [1.54, 1.807) is 30.5 Å². The first-order valence-electron chi connectivity index (χ1n) is 14.7. The number of aromatic nitrogens is 1. The van der Waals surface area contributed by atoms with E-state index in [0.717, 1.165) is 22.3 Å². The van der Waals surface area contributed by atoms with Crippen LogP contribution in [-0.2, 0) is 35.5 Å². The molecule has 0 bridgehead atoms. The van der Waals surface area contributed by atoms with Crippen molar-refractivity contribution in [2.75, 3.05) is 6.61 Å². The van der Waals surface area contributed by atoms with E-state index in [2.05, 4.69) is 20.9 Å². The average Bonchev–Trinajstić information content (AvgIpc) is 3.05. The van der Waals surface area contributed by atoms with Crippen LogP contribution in [0.4, 0.5) is 0 Å². The van der Waals surface area contributed by atoms with Crippen LogP contribution >= 0.6 is 0 Å². The molecule has 4 rings (SSSR count). The van der Waals surface area contributed by atoms with Gasteiger partial charge in [-0.3, -0.25) is 19.4 Å². The van der Waals surface area contributed by atoms with Gasteiger partial charge in [-0.25, -0.2) is 0 Å². The lowest BCUT2D eigenvalue weighted by atomic mass is 10.0. The molecule has 1 aromatic heterocycles. The molecule has 0 fully saturated rings. The van der Waals surface area contributed by atoms with E-state index in [0.29, 0.717) is 30.2 Å². The molecule has 9 nitrogen and oxygen atoms in total. The molecule has 5 N–H and O–H groups in total. The molecule has 2 atom stereocenters. The normalized spacial score (nSPS) is 12.1. The monoisotopic (exact) mass is 593 g/mol. The minimum atomic E-state index is -0.954. The molecule has 3 aromatic carbocycles. The van der Waals surface area contributed by atoms with Crippen molar-refractivity contribution in [3.63, 3.8) is 0 Å². The fourth-order valence-electron chi connectivity index (χ4n) is 4.60. The summed E-state index contributed by atoms with van der Waals surface area (Å²) in [7, 11) is 0. The van der Waals surface area contributed by atoms with Crippen molar-refractivity contribution in [2.24, 2.45) is 5.73 Å². The fourth-order valence-corrected chi connectivity index (χ4v) is 4.60. The van der Waals surface area contributed by atoms with Gasteiger partial charge in [0.2, 0.25) is 11.8 Å². The number of ether oxygens (including phenoxy) is 1. The summed E-state index contributed by atoms with van der Waals surface area (Å²) in [5.41, 5.74) is 10.5. The number of rotatable bonds is 14. The van der Waals surface area contributed by atoms with Crippen LogP contribution in [0.3, 0.4) is 0 Å². The van der Waals surface area contributed by atoms with Gasteiger partial charge < -0.3 is 26.4 Å². The van der Waals surface area contributed by atoms with Crippen molar-refractivity contribution < 1.29 is 19.1 Å². The lowest BCUT2D eigenvalue weighted by Crippen LogP contribution is -2.55. The maximum Gasteiger partial charge on any atom is 0.251 e. The van der Waals surface area contributed by atoms with Gasteiger partial charge in [-0.15, -0.1) is 0 Å². The maximum atomic E-state index is 13.8. The Kier molecular flexibility index (Phi) is 11.6. The second-order valence-electron chi connectivity index (χ2n) is 10.5. The number of carbonyl (C=O) groups is 3. The molecule has 3 amide bonds. The largest absolute Gasteiger partial charge is 0.494 e. The number of amides is 3. The summed E-state index contributed by atoms with van der Waals surface area (Å²) in [4.78, 5) is 44.8. The SMILES string of the molecule is CCOc1ccc(CC(NC(=O)c2ccc(C)cc2)C(=O)NC(Cc2ccccn2)C(=O)NCc2ccc(CN)cc2)cc1. The molecule has 4 aromatic rings. The van der Waals surface area contributed by atoms with Crippen LogP contribution in [0.15, 0.2) is 97.2 Å². The van der Waals surface area contributed by atoms with Crippen molar-refractivity contribution in [3.8, 4) is 5.75 Å². The molecule has 0 aliphatic carbocycles. The van der Waals surface area contributed by atoms with Crippen LogP contribution in [-0.4, -0.2) is 41.4 Å². The third-order valence-corrected chi connectivity index (χ3v) is 7.11. The Bertz CT molecular complexity index is 1510. The van der Waals surface area contributed by atoms with Gasteiger partial charge in [-0.05, 0) is 66.9 Å². The first-order chi connectivity index (χ1) is 21.3. The molecule has 0 saturated carbocycles. The second kappa shape index (κ2) is 16.0. The van der Waals surface area contributed by atoms with E-state index in [1.807, 2.05) is 80.6 Å².